The van der Waals surface area contributed by atoms with Gasteiger partial charge in [0.05, 0.1) is 4.90 Å². The van der Waals surface area contributed by atoms with Gasteiger partial charge in [0.25, 0.3) is 0 Å². The van der Waals surface area contributed by atoms with Crippen LogP contribution in [0.1, 0.15) is 37.3 Å². The van der Waals surface area contributed by atoms with E-state index in [1.807, 2.05) is 13.0 Å². The highest BCUT2D eigenvalue weighted by Crippen LogP contribution is 2.26. The Morgan fingerprint density at radius 1 is 1.32 bits per heavy atom. The number of hydrogen-bond donors (Lipinski definition) is 2. The molecular formula is C14H22N2O2S. The highest BCUT2D eigenvalue weighted by atomic mass is 32.2. The van der Waals surface area contributed by atoms with Gasteiger partial charge in [-0.3, -0.25) is 0 Å². The third-order valence-corrected chi connectivity index (χ3v) is 5.30. The first-order valence-corrected chi connectivity index (χ1v) is 8.36. The van der Waals surface area contributed by atoms with E-state index in [4.69, 9.17) is 5.73 Å². The van der Waals surface area contributed by atoms with Crippen LogP contribution in [0.2, 0.25) is 0 Å². The molecule has 0 aromatic heterocycles. The molecule has 1 fully saturated rings. The van der Waals surface area contributed by atoms with Gasteiger partial charge in [-0.25, -0.2) is 13.1 Å². The number of aryl methyl sites for hydroxylation is 1. The number of benzene rings is 1. The summed E-state index contributed by atoms with van der Waals surface area (Å²) in [5.41, 5.74) is 7.70. The molecule has 1 aliphatic carbocycles. The maximum atomic E-state index is 12.2. The number of hydrogen-bond acceptors (Lipinski definition) is 3. The molecule has 0 bridgehead atoms. The van der Waals surface area contributed by atoms with Gasteiger partial charge in [-0.15, -0.1) is 0 Å². The summed E-state index contributed by atoms with van der Waals surface area (Å²) in [6.45, 7) is 2.96. The minimum Gasteiger partial charge on any atom is -0.326 e. The fourth-order valence-electron chi connectivity index (χ4n) is 2.31. The molecule has 0 unspecified atom stereocenters. The third-order valence-electron chi connectivity index (χ3n) is 3.88. The summed E-state index contributed by atoms with van der Waals surface area (Å²) in [4.78, 5) is 0.324. The summed E-state index contributed by atoms with van der Waals surface area (Å²) in [7, 11) is -3.39. The first-order chi connectivity index (χ1) is 9.06. The Balaban J connectivity index is 2.14. The number of rotatable bonds is 6. The first-order valence-electron chi connectivity index (χ1n) is 6.88. The zero-order valence-corrected chi connectivity index (χ0v) is 12.2. The van der Waals surface area contributed by atoms with Crippen LogP contribution in [-0.4, -0.2) is 15.0 Å². The van der Waals surface area contributed by atoms with Gasteiger partial charge in [-0.1, -0.05) is 19.4 Å². The van der Waals surface area contributed by atoms with Crippen molar-refractivity contribution in [3.63, 3.8) is 0 Å². The van der Waals surface area contributed by atoms with E-state index in [1.165, 1.54) is 6.42 Å². The minimum absolute atomic E-state index is 0.324. The molecule has 1 saturated carbocycles. The molecule has 0 atom stereocenters. The SMILES string of the molecule is CCc1ccc(S(=O)(=O)NCC2CCC2)cc1CN. The Hall–Kier alpha value is -0.910. The van der Waals surface area contributed by atoms with Crippen molar-refractivity contribution < 1.29 is 8.42 Å². The Kier molecular flexibility index (Phi) is 4.60. The van der Waals surface area contributed by atoms with Crippen molar-refractivity contribution in [1.82, 2.24) is 4.72 Å². The molecule has 2 rings (SSSR count). The smallest absolute Gasteiger partial charge is 0.240 e. The van der Waals surface area contributed by atoms with Gasteiger partial charge in [-0.05, 0) is 48.4 Å². The average molecular weight is 282 g/mol. The van der Waals surface area contributed by atoms with Crippen LogP contribution >= 0.6 is 0 Å². The molecule has 0 amide bonds. The highest BCUT2D eigenvalue weighted by molar-refractivity contribution is 7.89. The molecule has 1 aromatic carbocycles. The maximum Gasteiger partial charge on any atom is 0.240 e. The molecule has 0 aliphatic heterocycles. The third kappa shape index (κ3) is 3.35. The van der Waals surface area contributed by atoms with Crippen molar-refractivity contribution in [1.29, 1.82) is 0 Å². The predicted octanol–water partition coefficient (Wildman–Crippen LogP) is 1.79. The molecule has 0 saturated heterocycles. The van der Waals surface area contributed by atoms with Gasteiger partial charge in [0.1, 0.15) is 0 Å². The summed E-state index contributed by atoms with van der Waals surface area (Å²) in [5.74, 6) is 0.513. The summed E-state index contributed by atoms with van der Waals surface area (Å²) in [5, 5.41) is 0. The highest BCUT2D eigenvalue weighted by Gasteiger charge is 2.21. The summed E-state index contributed by atoms with van der Waals surface area (Å²) in [6, 6.07) is 5.23. The molecule has 1 aromatic rings. The predicted molar refractivity (Wildman–Crippen MR) is 76.2 cm³/mol. The zero-order valence-electron chi connectivity index (χ0n) is 11.4. The Labute approximate surface area is 115 Å². The van der Waals surface area contributed by atoms with Gasteiger partial charge in [0.15, 0.2) is 0 Å². The first kappa shape index (κ1) is 14.5. The minimum atomic E-state index is -3.39. The normalized spacial score (nSPS) is 16.3. The maximum absolute atomic E-state index is 12.2. The van der Waals surface area contributed by atoms with Crippen LogP contribution < -0.4 is 10.5 Å². The second kappa shape index (κ2) is 6.03. The molecule has 0 heterocycles. The van der Waals surface area contributed by atoms with Gasteiger partial charge in [-0.2, -0.15) is 0 Å². The van der Waals surface area contributed by atoms with E-state index in [-0.39, 0.29) is 0 Å². The molecule has 0 radical (unpaired) electrons. The van der Waals surface area contributed by atoms with Crippen molar-refractivity contribution in [3.05, 3.63) is 29.3 Å². The molecule has 19 heavy (non-hydrogen) atoms. The van der Waals surface area contributed by atoms with Crippen molar-refractivity contribution in [2.24, 2.45) is 11.7 Å². The van der Waals surface area contributed by atoms with Crippen molar-refractivity contribution in [2.45, 2.75) is 44.0 Å². The van der Waals surface area contributed by atoms with Gasteiger partial charge >= 0.3 is 0 Å². The van der Waals surface area contributed by atoms with Crippen LogP contribution in [-0.2, 0) is 23.0 Å². The Bertz CT molecular complexity index is 536. The largest absolute Gasteiger partial charge is 0.326 e. The van der Waals surface area contributed by atoms with E-state index in [1.54, 1.807) is 12.1 Å². The Morgan fingerprint density at radius 3 is 2.58 bits per heavy atom. The average Bonchev–Trinajstić information content (AvgIpc) is 2.35. The second-order valence-electron chi connectivity index (χ2n) is 5.14. The van der Waals surface area contributed by atoms with Gasteiger partial charge in [0, 0.05) is 13.1 Å². The summed E-state index contributed by atoms with van der Waals surface area (Å²) in [6.07, 6.45) is 4.34. The fraction of sp³-hybridized carbons (Fsp3) is 0.571. The topological polar surface area (TPSA) is 72.2 Å². The van der Waals surface area contributed by atoms with Gasteiger partial charge < -0.3 is 5.73 Å². The molecule has 0 spiro atoms. The van der Waals surface area contributed by atoms with E-state index in [0.717, 1.165) is 30.4 Å². The zero-order chi connectivity index (χ0) is 13.9. The van der Waals surface area contributed by atoms with Crippen LogP contribution in [0.25, 0.3) is 0 Å². The number of nitrogens with one attached hydrogen (secondary N) is 1. The lowest BCUT2D eigenvalue weighted by molar-refractivity contribution is 0.316. The van der Waals surface area contributed by atoms with Crippen LogP contribution in [0.4, 0.5) is 0 Å². The Morgan fingerprint density at radius 2 is 2.05 bits per heavy atom. The van der Waals surface area contributed by atoms with Crippen molar-refractivity contribution >= 4 is 10.0 Å². The standard InChI is InChI=1S/C14H22N2O2S/c1-2-12-6-7-14(8-13(12)9-15)19(17,18)16-10-11-4-3-5-11/h6-8,11,16H,2-5,9-10,15H2,1H3. The lowest BCUT2D eigenvalue weighted by atomic mass is 9.86. The van der Waals surface area contributed by atoms with E-state index >= 15 is 0 Å². The van der Waals surface area contributed by atoms with E-state index < -0.39 is 10.0 Å². The van der Waals surface area contributed by atoms with E-state index in [2.05, 4.69) is 4.72 Å². The van der Waals surface area contributed by atoms with Gasteiger partial charge in [0.2, 0.25) is 10.0 Å². The lowest BCUT2D eigenvalue weighted by Crippen LogP contribution is -2.32. The molecule has 4 nitrogen and oxygen atoms in total. The van der Waals surface area contributed by atoms with Crippen LogP contribution in [0.15, 0.2) is 23.1 Å². The summed E-state index contributed by atoms with van der Waals surface area (Å²) >= 11 is 0. The summed E-state index contributed by atoms with van der Waals surface area (Å²) < 4.78 is 27.1. The molecule has 1 aliphatic rings. The van der Waals surface area contributed by atoms with E-state index in [0.29, 0.717) is 23.9 Å². The molecular weight excluding hydrogens is 260 g/mol. The van der Waals surface area contributed by atoms with Crippen molar-refractivity contribution in [3.8, 4) is 0 Å². The van der Waals surface area contributed by atoms with E-state index in [9.17, 15) is 8.42 Å². The molecule has 5 heteroatoms. The lowest BCUT2D eigenvalue weighted by Gasteiger charge is -2.25. The quantitative estimate of drug-likeness (QED) is 0.835. The monoisotopic (exact) mass is 282 g/mol. The van der Waals surface area contributed by atoms with Crippen LogP contribution in [0.3, 0.4) is 0 Å². The van der Waals surface area contributed by atoms with Crippen LogP contribution in [0, 0.1) is 5.92 Å². The number of sulfonamides is 1. The molecule has 106 valence electrons. The second-order valence-corrected chi connectivity index (χ2v) is 6.90. The van der Waals surface area contributed by atoms with Crippen molar-refractivity contribution in [2.75, 3.05) is 6.54 Å². The fourth-order valence-corrected chi connectivity index (χ4v) is 3.48. The number of nitrogens with two attached hydrogens (primary N) is 1. The van der Waals surface area contributed by atoms with Crippen LogP contribution in [0.5, 0.6) is 0 Å². The molecule has 3 N–H and O–H groups in total.